The summed E-state index contributed by atoms with van der Waals surface area (Å²) >= 11 is 0. The number of nitriles is 1. The predicted octanol–water partition coefficient (Wildman–Crippen LogP) is 4.38. The summed E-state index contributed by atoms with van der Waals surface area (Å²) in [5, 5.41) is 12.7. The Hall–Kier alpha value is -1.14. The summed E-state index contributed by atoms with van der Waals surface area (Å²) in [7, 11) is -3.17. The molecule has 0 bridgehead atoms. The first kappa shape index (κ1) is 18.9. The first-order chi connectivity index (χ1) is 10.4. The number of hydrogen-bond acceptors (Lipinski definition) is 3. The minimum absolute atomic E-state index is 0.196. The highest BCUT2D eigenvalue weighted by Crippen LogP contribution is 2.46. The topological polar surface area (TPSA) is 62.1 Å². The van der Waals surface area contributed by atoms with Crippen LogP contribution >= 0.6 is 7.52 Å². The Balaban J connectivity index is 2.82. The number of unbranched alkanes of at least 4 members (excludes halogenated alkanes) is 3. The van der Waals surface area contributed by atoms with Crippen LogP contribution in [-0.2, 0) is 9.09 Å². The molecule has 0 heterocycles. The molecule has 0 fully saturated rings. The normalized spacial score (nSPS) is 14.3. The Morgan fingerprint density at radius 1 is 1.23 bits per heavy atom. The summed E-state index contributed by atoms with van der Waals surface area (Å²) in [4.78, 5) is 0. The van der Waals surface area contributed by atoms with E-state index in [1.807, 2.05) is 30.3 Å². The van der Waals surface area contributed by atoms with Crippen molar-refractivity contribution in [3.63, 3.8) is 0 Å². The van der Waals surface area contributed by atoms with Crippen LogP contribution in [-0.4, -0.2) is 12.1 Å². The maximum absolute atomic E-state index is 13.3. The van der Waals surface area contributed by atoms with E-state index in [1.54, 1.807) is 13.8 Å². The predicted molar refractivity (Wildman–Crippen MR) is 91.2 cm³/mol. The van der Waals surface area contributed by atoms with E-state index >= 15 is 0 Å². The van der Waals surface area contributed by atoms with Crippen molar-refractivity contribution in [3.05, 3.63) is 30.3 Å². The molecule has 1 aromatic rings. The fourth-order valence-corrected chi connectivity index (χ4v) is 4.28. The van der Waals surface area contributed by atoms with Crippen molar-refractivity contribution in [2.75, 3.05) is 6.54 Å². The van der Waals surface area contributed by atoms with Gasteiger partial charge in [0.1, 0.15) is 0 Å². The van der Waals surface area contributed by atoms with E-state index in [4.69, 9.17) is 9.79 Å². The second kappa shape index (κ2) is 9.10. The molecule has 0 amide bonds. The van der Waals surface area contributed by atoms with Crippen LogP contribution in [0.3, 0.4) is 0 Å². The number of rotatable bonds is 10. The lowest BCUT2D eigenvalue weighted by molar-refractivity contribution is 0.118. The van der Waals surface area contributed by atoms with Crippen molar-refractivity contribution in [1.82, 2.24) is 5.09 Å². The van der Waals surface area contributed by atoms with Gasteiger partial charge in [-0.05, 0) is 32.4 Å². The van der Waals surface area contributed by atoms with Gasteiger partial charge in [-0.1, -0.05) is 44.4 Å². The van der Waals surface area contributed by atoms with E-state index in [0.717, 1.165) is 12.8 Å². The lowest BCUT2D eigenvalue weighted by atomic mass is 10.1. The lowest BCUT2D eigenvalue weighted by Gasteiger charge is -2.29. The van der Waals surface area contributed by atoms with E-state index in [9.17, 15) is 4.57 Å². The summed E-state index contributed by atoms with van der Waals surface area (Å²) in [5.41, 5.74) is -0.753. The molecule has 122 valence electrons. The van der Waals surface area contributed by atoms with Crippen LogP contribution in [0.4, 0.5) is 0 Å². The maximum Gasteiger partial charge on any atom is 0.300 e. The van der Waals surface area contributed by atoms with Gasteiger partial charge in [-0.2, -0.15) is 5.26 Å². The summed E-state index contributed by atoms with van der Waals surface area (Å²) in [5.74, 6) is 0. The third-order valence-electron chi connectivity index (χ3n) is 3.33. The van der Waals surface area contributed by atoms with Crippen LogP contribution in [0.15, 0.2) is 30.3 Å². The van der Waals surface area contributed by atoms with Gasteiger partial charge in [-0.15, -0.1) is 0 Å². The van der Waals surface area contributed by atoms with Crippen molar-refractivity contribution in [3.8, 4) is 6.07 Å². The fourth-order valence-electron chi connectivity index (χ4n) is 2.15. The molecular formula is C17H27N2O2P. The molecule has 0 radical (unpaired) electrons. The molecule has 1 aromatic carbocycles. The van der Waals surface area contributed by atoms with Crippen molar-refractivity contribution in [1.29, 1.82) is 5.26 Å². The monoisotopic (exact) mass is 322 g/mol. The van der Waals surface area contributed by atoms with Crippen LogP contribution in [0.1, 0.15) is 52.9 Å². The van der Waals surface area contributed by atoms with Crippen LogP contribution in [0.5, 0.6) is 0 Å². The Kier molecular flexibility index (Phi) is 7.82. The van der Waals surface area contributed by atoms with Gasteiger partial charge in [0, 0.05) is 6.54 Å². The van der Waals surface area contributed by atoms with E-state index < -0.39 is 13.1 Å². The van der Waals surface area contributed by atoms with Gasteiger partial charge in [0.25, 0.3) is 7.52 Å². The summed E-state index contributed by atoms with van der Waals surface area (Å²) in [6, 6.07) is 11.3. The Bertz CT molecular complexity index is 523. The second-order valence-corrected chi connectivity index (χ2v) is 8.16. The molecule has 1 rings (SSSR count). The first-order valence-corrected chi connectivity index (χ1v) is 9.54. The second-order valence-electron chi connectivity index (χ2n) is 6.04. The molecule has 0 aliphatic carbocycles. The maximum atomic E-state index is 13.3. The van der Waals surface area contributed by atoms with Crippen LogP contribution < -0.4 is 10.4 Å². The van der Waals surface area contributed by atoms with E-state index in [1.165, 1.54) is 12.8 Å². The third-order valence-corrected chi connectivity index (χ3v) is 5.70. The van der Waals surface area contributed by atoms with Gasteiger partial charge in [-0.25, -0.2) is 5.09 Å². The average molecular weight is 322 g/mol. The molecule has 0 saturated carbocycles. The smallest absolute Gasteiger partial charge is 0.300 e. The SMILES string of the molecule is CCCCCCNP(=O)(OC(C)(C)CC#N)c1ccccc1. The average Bonchev–Trinajstić information content (AvgIpc) is 2.47. The minimum atomic E-state index is -3.17. The van der Waals surface area contributed by atoms with Crippen molar-refractivity contribution >= 4 is 12.8 Å². The van der Waals surface area contributed by atoms with Crippen molar-refractivity contribution < 1.29 is 9.09 Å². The molecule has 0 aromatic heterocycles. The van der Waals surface area contributed by atoms with Crippen molar-refractivity contribution in [2.45, 2.75) is 58.5 Å². The van der Waals surface area contributed by atoms with Gasteiger partial charge in [-0.3, -0.25) is 4.57 Å². The Labute approximate surface area is 134 Å². The lowest BCUT2D eigenvalue weighted by Crippen LogP contribution is -2.31. The van der Waals surface area contributed by atoms with Crippen LogP contribution in [0, 0.1) is 11.3 Å². The zero-order valence-corrected chi connectivity index (χ0v) is 14.7. The Morgan fingerprint density at radius 3 is 2.50 bits per heavy atom. The van der Waals surface area contributed by atoms with Gasteiger partial charge >= 0.3 is 0 Å². The molecule has 4 nitrogen and oxygen atoms in total. The van der Waals surface area contributed by atoms with Gasteiger partial charge in [0.05, 0.1) is 23.4 Å². The summed E-state index contributed by atoms with van der Waals surface area (Å²) in [6.07, 6.45) is 4.62. The molecule has 5 heteroatoms. The zero-order chi connectivity index (χ0) is 16.5. The molecule has 0 saturated heterocycles. The zero-order valence-electron chi connectivity index (χ0n) is 13.8. The highest BCUT2D eigenvalue weighted by molar-refractivity contribution is 7.65. The van der Waals surface area contributed by atoms with Crippen LogP contribution in [0.25, 0.3) is 0 Å². The molecule has 22 heavy (non-hydrogen) atoms. The molecule has 0 spiro atoms. The standard InChI is InChI=1S/C17H27N2O2P/c1-4-5-6-10-15-19-22(20,16-11-8-7-9-12-16)21-17(2,3)13-14-18/h7-9,11-12H,4-6,10,13,15H2,1-3H3,(H,19,20). The Morgan fingerprint density at radius 2 is 1.91 bits per heavy atom. The number of hydrogen-bond donors (Lipinski definition) is 1. The third kappa shape index (κ3) is 6.32. The van der Waals surface area contributed by atoms with E-state index in [-0.39, 0.29) is 6.42 Å². The van der Waals surface area contributed by atoms with Crippen LogP contribution in [0.2, 0.25) is 0 Å². The van der Waals surface area contributed by atoms with Crippen molar-refractivity contribution in [2.24, 2.45) is 0 Å². The number of nitrogens with one attached hydrogen (secondary N) is 1. The van der Waals surface area contributed by atoms with E-state index in [0.29, 0.717) is 11.8 Å². The molecule has 1 unspecified atom stereocenters. The molecule has 0 aliphatic rings. The van der Waals surface area contributed by atoms with E-state index in [2.05, 4.69) is 18.1 Å². The van der Waals surface area contributed by atoms with Gasteiger partial charge < -0.3 is 4.52 Å². The summed E-state index contributed by atoms with van der Waals surface area (Å²) in [6.45, 7) is 6.40. The molecule has 1 atom stereocenters. The number of benzene rings is 1. The molecule has 0 aliphatic heterocycles. The largest absolute Gasteiger partial charge is 0.307 e. The number of nitrogens with zero attached hydrogens (tertiary/aromatic N) is 1. The van der Waals surface area contributed by atoms with Gasteiger partial charge in [0.2, 0.25) is 0 Å². The minimum Gasteiger partial charge on any atom is -0.307 e. The first-order valence-electron chi connectivity index (χ1n) is 7.92. The van der Waals surface area contributed by atoms with Gasteiger partial charge in [0.15, 0.2) is 0 Å². The quantitative estimate of drug-likeness (QED) is 0.513. The molecule has 1 N–H and O–H groups in total. The fraction of sp³-hybridized carbons (Fsp3) is 0.588. The summed E-state index contributed by atoms with van der Waals surface area (Å²) < 4.78 is 19.2. The highest BCUT2D eigenvalue weighted by atomic mass is 31.2. The molecular weight excluding hydrogens is 295 g/mol. The highest BCUT2D eigenvalue weighted by Gasteiger charge is 2.33.